The van der Waals surface area contributed by atoms with Crippen molar-refractivity contribution < 1.29 is 0 Å². The van der Waals surface area contributed by atoms with Crippen molar-refractivity contribution in [3.8, 4) is 0 Å². The molecule has 0 atom stereocenters. The van der Waals surface area contributed by atoms with Gasteiger partial charge >= 0.3 is 0 Å². The lowest BCUT2D eigenvalue weighted by atomic mass is 10.4. The Morgan fingerprint density at radius 3 is 2.71 bits per heavy atom. The second kappa shape index (κ2) is 6.57. The van der Waals surface area contributed by atoms with Gasteiger partial charge < -0.3 is 10.2 Å². The predicted octanol–water partition coefficient (Wildman–Crippen LogP) is 2.82. The molecule has 3 rings (SSSR count). The van der Waals surface area contributed by atoms with E-state index in [4.69, 9.17) is 0 Å². The Kier molecular flexibility index (Phi) is 4.54. The first-order valence-corrected chi connectivity index (χ1v) is 8.79. The molecule has 1 saturated heterocycles. The molecule has 1 fully saturated rings. The summed E-state index contributed by atoms with van der Waals surface area (Å²) in [4.78, 5) is 20.3. The van der Waals surface area contributed by atoms with Gasteiger partial charge in [-0.2, -0.15) is 15.0 Å². The largest absolute Gasteiger partial charge is 0.354 e. The Hall–Kier alpha value is -1.41. The van der Waals surface area contributed by atoms with Crippen LogP contribution in [0.1, 0.15) is 25.5 Å². The molecule has 0 aliphatic carbocycles. The number of rotatable bonds is 5. The van der Waals surface area contributed by atoms with E-state index >= 15 is 0 Å². The van der Waals surface area contributed by atoms with Gasteiger partial charge in [0.05, 0.1) is 0 Å². The molecule has 8 heteroatoms. The SMILES string of the molecule is CCNc1nc(Sc2nc(C)cs2)nc(N2CCCC2)n1. The average molecular weight is 322 g/mol. The van der Waals surface area contributed by atoms with Crippen LogP contribution in [0.2, 0.25) is 0 Å². The fourth-order valence-electron chi connectivity index (χ4n) is 2.14. The number of thiazole rings is 1. The molecule has 0 amide bonds. The topological polar surface area (TPSA) is 66.8 Å². The van der Waals surface area contributed by atoms with Crippen LogP contribution in [0.25, 0.3) is 0 Å². The number of aryl methyl sites for hydroxylation is 1. The number of anilines is 2. The highest BCUT2D eigenvalue weighted by atomic mass is 32.2. The van der Waals surface area contributed by atoms with Crippen LogP contribution < -0.4 is 10.2 Å². The van der Waals surface area contributed by atoms with Gasteiger partial charge in [0.1, 0.15) is 0 Å². The number of hydrogen-bond acceptors (Lipinski definition) is 8. The van der Waals surface area contributed by atoms with Crippen LogP contribution in [0, 0.1) is 6.92 Å². The van der Waals surface area contributed by atoms with E-state index in [0.29, 0.717) is 11.1 Å². The van der Waals surface area contributed by atoms with Crippen molar-refractivity contribution in [2.24, 2.45) is 0 Å². The van der Waals surface area contributed by atoms with Gasteiger partial charge in [0, 0.05) is 30.7 Å². The second-order valence-electron chi connectivity index (χ2n) is 4.82. The highest BCUT2D eigenvalue weighted by Crippen LogP contribution is 2.29. The summed E-state index contributed by atoms with van der Waals surface area (Å²) >= 11 is 3.12. The van der Waals surface area contributed by atoms with Gasteiger partial charge in [0.2, 0.25) is 17.1 Å². The molecule has 0 radical (unpaired) electrons. The quantitative estimate of drug-likeness (QED) is 0.908. The van der Waals surface area contributed by atoms with Gasteiger partial charge in [-0.1, -0.05) is 0 Å². The van der Waals surface area contributed by atoms with E-state index in [1.54, 1.807) is 11.3 Å². The smallest absolute Gasteiger partial charge is 0.231 e. The highest BCUT2D eigenvalue weighted by molar-refractivity contribution is 8.00. The molecule has 3 heterocycles. The summed E-state index contributed by atoms with van der Waals surface area (Å²) in [5.74, 6) is 1.42. The Morgan fingerprint density at radius 1 is 1.24 bits per heavy atom. The van der Waals surface area contributed by atoms with Gasteiger partial charge in [-0.25, -0.2) is 4.98 Å². The van der Waals surface area contributed by atoms with Crippen LogP contribution in [0.4, 0.5) is 11.9 Å². The van der Waals surface area contributed by atoms with Crippen LogP contribution in [0.15, 0.2) is 14.9 Å². The standard InChI is InChI=1S/C13H18N6S2/c1-3-14-10-16-11(19-6-4-5-7-19)18-12(17-10)21-13-15-9(2)8-20-13/h8H,3-7H2,1-2H3,(H,14,16,17,18). The zero-order valence-electron chi connectivity index (χ0n) is 12.2. The number of hydrogen-bond donors (Lipinski definition) is 1. The predicted molar refractivity (Wildman–Crippen MR) is 86.4 cm³/mol. The molecule has 1 aliphatic heterocycles. The fraction of sp³-hybridized carbons (Fsp3) is 0.538. The van der Waals surface area contributed by atoms with Crippen molar-refractivity contribution in [1.29, 1.82) is 0 Å². The number of aromatic nitrogens is 4. The third kappa shape index (κ3) is 3.62. The van der Waals surface area contributed by atoms with Crippen molar-refractivity contribution in [3.05, 3.63) is 11.1 Å². The summed E-state index contributed by atoms with van der Waals surface area (Å²) in [6, 6.07) is 0. The van der Waals surface area contributed by atoms with Crippen molar-refractivity contribution >= 4 is 35.0 Å². The molecule has 0 bridgehead atoms. The highest BCUT2D eigenvalue weighted by Gasteiger charge is 2.18. The normalized spacial score (nSPS) is 14.7. The van der Waals surface area contributed by atoms with Crippen molar-refractivity contribution in [3.63, 3.8) is 0 Å². The molecule has 112 valence electrons. The molecule has 2 aromatic heterocycles. The molecule has 1 aliphatic rings. The Labute approximate surface area is 132 Å². The first kappa shape index (κ1) is 14.5. The molecule has 0 unspecified atom stereocenters. The first-order valence-electron chi connectivity index (χ1n) is 7.09. The van der Waals surface area contributed by atoms with Crippen LogP contribution in [0.3, 0.4) is 0 Å². The van der Waals surface area contributed by atoms with E-state index in [0.717, 1.165) is 35.6 Å². The van der Waals surface area contributed by atoms with Crippen LogP contribution in [0.5, 0.6) is 0 Å². The van der Waals surface area contributed by atoms with E-state index < -0.39 is 0 Å². The summed E-state index contributed by atoms with van der Waals surface area (Å²) in [5, 5.41) is 5.93. The summed E-state index contributed by atoms with van der Waals surface area (Å²) in [6.45, 7) is 6.88. The maximum absolute atomic E-state index is 4.60. The van der Waals surface area contributed by atoms with Crippen LogP contribution in [-0.4, -0.2) is 39.6 Å². The van der Waals surface area contributed by atoms with E-state index in [1.165, 1.54) is 24.6 Å². The van der Waals surface area contributed by atoms with E-state index in [-0.39, 0.29) is 0 Å². The van der Waals surface area contributed by atoms with Gasteiger partial charge in [-0.05, 0) is 38.5 Å². The summed E-state index contributed by atoms with van der Waals surface area (Å²) in [6.07, 6.45) is 2.41. The zero-order chi connectivity index (χ0) is 14.7. The first-order chi connectivity index (χ1) is 10.2. The maximum Gasteiger partial charge on any atom is 0.231 e. The van der Waals surface area contributed by atoms with Crippen LogP contribution >= 0.6 is 23.1 Å². The monoisotopic (exact) mass is 322 g/mol. The third-order valence-corrected chi connectivity index (χ3v) is 5.03. The lowest BCUT2D eigenvalue weighted by Crippen LogP contribution is -2.21. The Morgan fingerprint density at radius 2 is 2.05 bits per heavy atom. The van der Waals surface area contributed by atoms with Gasteiger partial charge in [-0.15, -0.1) is 11.3 Å². The molecule has 0 spiro atoms. The van der Waals surface area contributed by atoms with Gasteiger partial charge in [-0.3, -0.25) is 0 Å². The maximum atomic E-state index is 4.60. The molecule has 0 saturated carbocycles. The lowest BCUT2D eigenvalue weighted by Gasteiger charge is -2.16. The average Bonchev–Trinajstić information content (AvgIpc) is 3.11. The lowest BCUT2D eigenvalue weighted by molar-refractivity contribution is 0.826. The second-order valence-corrected chi connectivity index (χ2v) is 6.90. The fourth-order valence-corrected chi connectivity index (χ4v) is 3.83. The Balaban J connectivity index is 1.86. The summed E-state index contributed by atoms with van der Waals surface area (Å²) in [7, 11) is 0. The molecule has 2 aromatic rings. The minimum Gasteiger partial charge on any atom is -0.354 e. The van der Waals surface area contributed by atoms with Crippen LogP contribution in [-0.2, 0) is 0 Å². The molecule has 21 heavy (non-hydrogen) atoms. The third-order valence-electron chi connectivity index (χ3n) is 3.10. The van der Waals surface area contributed by atoms with E-state index in [2.05, 4.69) is 30.2 Å². The molecule has 6 nitrogen and oxygen atoms in total. The van der Waals surface area contributed by atoms with Crippen molar-refractivity contribution in [2.75, 3.05) is 29.9 Å². The molecular formula is C13H18N6S2. The summed E-state index contributed by atoms with van der Waals surface area (Å²) in [5.41, 5.74) is 1.03. The molecule has 0 aromatic carbocycles. The van der Waals surface area contributed by atoms with E-state index in [1.807, 2.05) is 19.2 Å². The van der Waals surface area contributed by atoms with Crippen molar-refractivity contribution in [2.45, 2.75) is 36.2 Å². The molecule has 1 N–H and O–H groups in total. The van der Waals surface area contributed by atoms with Gasteiger partial charge in [0.25, 0.3) is 0 Å². The van der Waals surface area contributed by atoms with Gasteiger partial charge in [0.15, 0.2) is 4.34 Å². The van der Waals surface area contributed by atoms with E-state index in [9.17, 15) is 0 Å². The zero-order valence-corrected chi connectivity index (χ0v) is 13.8. The molecular weight excluding hydrogens is 304 g/mol. The minimum atomic E-state index is 0.644. The van der Waals surface area contributed by atoms with Crippen molar-refractivity contribution in [1.82, 2.24) is 19.9 Å². The number of nitrogens with zero attached hydrogens (tertiary/aromatic N) is 5. The number of nitrogens with one attached hydrogen (secondary N) is 1. The minimum absolute atomic E-state index is 0.644. The Bertz CT molecular complexity index is 608. The summed E-state index contributed by atoms with van der Waals surface area (Å²) < 4.78 is 0.966.